The van der Waals surface area contributed by atoms with Crippen LogP contribution in [0.15, 0.2) is 36.4 Å². The molecule has 0 radical (unpaired) electrons. The molecule has 0 aromatic heterocycles. The molecule has 1 aliphatic heterocycles. The largest absolute Gasteiger partial charge is 0.508 e. The van der Waals surface area contributed by atoms with E-state index >= 15 is 0 Å². The molecule has 1 fully saturated rings. The highest BCUT2D eigenvalue weighted by Gasteiger charge is 2.22. The molecule has 0 saturated carbocycles. The second kappa shape index (κ2) is 9.44. The molecule has 6 nitrogen and oxygen atoms in total. The van der Waals surface area contributed by atoms with Crippen LogP contribution in [-0.2, 0) is 0 Å². The van der Waals surface area contributed by atoms with Gasteiger partial charge in [-0.3, -0.25) is 0 Å². The molecular weight excluding hydrogens is 356 g/mol. The third-order valence-corrected chi connectivity index (χ3v) is 4.77. The second-order valence-corrected chi connectivity index (χ2v) is 6.98. The summed E-state index contributed by atoms with van der Waals surface area (Å²) in [5, 5.41) is 19.6. The lowest BCUT2D eigenvalue weighted by molar-refractivity contribution is 0.314. The Balaban J connectivity index is 1.72. The predicted octanol–water partition coefficient (Wildman–Crippen LogP) is 4.00. The lowest BCUT2D eigenvalue weighted by atomic mass is 10.2. The number of hydrogen-bond acceptors (Lipinski definition) is 6. The van der Waals surface area contributed by atoms with Crippen molar-refractivity contribution in [3.63, 3.8) is 0 Å². The van der Waals surface area contributed by atoms with Gasteiger partial charge in [0.25, 0.3) is 0 Å². The number of phenols is 2. The first-order chi connectivity index (χ1) is 13.6. The molecule has 0 aliphatic carbocycles. The van der Waals surface area contributed by atoms with Gasteiger partial charge in [-0.2, -0.15) is 0 Å². The number of nitrogens with zero attached hydrogens (tertiary/aromatic N) is 2. The van der Waals surface area contributed by atoms with E-state index in [-0.39, 0.29) is 11.5 Å². The Morgan fingerprint density at radius 2 is 1.11 bits per heavy atom. The number of hydrogen-bond donors (Lipinski definition) is 2. The van der Waals surface area contributed by atoms with Crippen molar-refractivity contribution < 1.29 is 19.7 Å². The molecule has 2 aromatic carbocycles. The highest BCUT2D eigenvalue weighted by molar-refractivity contribution is 5.64. The van der Waals surface area contributed by atoms with Gasteiger partial charge in [-0.25, -0.2) is 0 Å². The summed E-state index contributed by atoms with van der Waals surface area (Å²) in [6.07, 6.45) is 1.84. The third kappa shape index (κ3) is 4.74. The van der Waals surface area contributed by atoms with Crippen LogP contribution in [0.25, 0.3) is 0 Å². The molecule has 0 atom stereocenters. The second-order valence-electron chi connectivity index (χ2n) is 6.98. The van der Waals surface area contributed by atoms with Crippen LogP contribution in [0.3, 0.4) is 0 Å². The van der Waals surface area contributed by atoms with Crippen LogP contribution >= 0.6 is 0 Å². The molecule has 0 spiro atoms. The normalized spacial score (nSPS) is 14.2. The summed E-state index contributed by atoms with van der Waals surface area (Å²) >= 11 is 0. The van der Waals surface area contributed by atoms with Gasteiger partial charge in [0, 0.05) is 38.3 Å². The number of benzene rings is 2. The van der Waals surface area contributed by atoms with Gasteiger partial charge in [0.1, 0.15) is 23.0 Å². The van der Waals surface area contributed by atoms with Crippen LogP contribution < -0.4 is 19.3 Å². The molecule has 0 unspecified atom stereocenters. The van der Waals surface area contributed by atoms with Crippen molar-refractivity contribution >= 4 is 11.4 Å². The van der Waals surface area contributed by atoms with E-state index in [1.165, 1.54) is 0 Å². The zero-order chi connectivity index (χ0) is 19.9. The standard InChI is InChI=1S/C22H30N2O4/c1-3-13-27-21-15-17(25)5-7-19(21)23-9-11-24(12-10-23)20-8-6-18(26)16-22(20)28-14-4-2/h5-8,15-16,25-26H,3-4,9-14H2,1-2H3. The number of phenolic OH excluding ortho intramolecular Hbond substituents is 2. The minimum atomic E-state index is 0.218. The van der Waals surface area contributed by atoms with E-state index in [1.807, 2.05) is 12.1 Å². The van der Waals surface area contributed by atoms with Crippen molar-refractivity contribution in [2.45, 2.75) is 26.7 Å². The van der Waals surface area contributed by atoms with E-state index in [1.54, 1.807) is 24.3 Å². The zero-order valence-electron chi connectivity index (χ0n) is 16.7. The minimum Gasteiger partial charge on any atom is -0.508 e. The molecule has 1 saturated heterocycles. The molecule has 28 heavy (non-hydrogen) atoms. The van der Waals surface area contributed by atoms with Crippen LogP contribution in [0.4, 0.5) is 11.4 Å². The summed E-state index contributed by atoms with van der Waals surface area (Å²) in [7, 11) is 0. The smallest absolute Gasteiger partial charge is 0.146 e. The topological polar surface area (TPSA) is 65.4 Å². The number of piperazine rings is 1. The molecule has 0 bridgehead atoms. The van der Waals surface area contributed by atoms with Crippen molar-refractivity contribution in [3.05, 3.63) is 36.4 Å². The predicted molar refractivity (Wildman–Crippen MR) is 112 cm³/mol. The Morgan fingerprint density at radius 3 is 1.46 bits per heavy atom. The Labute approximate surface area is 166 Å². The van der Waals surface area contributed by atoms with E-state index in [9.17, 15) is 10.2 Å². The van der Waals surface area contributed by atoms with Crippen LogP contribution in [0, 0.1) is 0 Å². The molecule has 0 amide bonds. The Hall–Kier alpha value is -2.76. The van der Waals surface area contributed by atoms with Crippen molar-refractivity contribution in [1.29, 1.82) is 0 Å². The van der Waals surface area contributed by atoms with Gasteiger partial charge < -0.3 is 29.5 Å². The fourth-order valence-corrected chi connectivity index (χ4v) is 3.37. The van der Waals surface area contributed by atoms with Crippen molar-refractivity contribution in [1.82, 2.24) is 0 Å². The van der Waals surface area contributed by atoms with E-state index in [2.05, 4.69) is 23.6 Å². The molecule has 1 heterocycles. The minimum absolute atomic E-state index is 0.218. The maximum absolute atomic E-state index is 9.81. The first kappa shape index (κ1) is 20.0. The first-order valence-electron chi connectivity index (χ1n) is 10.0. The number of ether oxygens (including phenoxy) is 2. The molecule has 6 heteroatoms. The molecule has 152 valence electrons. The van der Waals surface area contributed by atoms with Crippen molar-refractivity contribution in [2.24, 2.45) is 0 Å². The van der Waals surface area contributed by atoms with Crippen LogP contribution in [0.1, 0.15) is 26.7 Å². The average molecular weight is 386 g/mol. The summed E-state index contributed by atoms with van der Waals surface area (Å²) < 4.78 is 11.7. The molecular formula is C22H30N2O4. The summed E-state index contributed by atoms with van der Waals surface area (Å²) in [6, 6.07) is 10.6. The fourth-order valence-electron chi connectivity index (χ4n) is 3.37. The van der Waals surface area contributed by atoms with Gasteiger partial charge in [0.2, 0.25) is 0 Å². The molecule has 2 aromatic rings. The summed E-state index contributed by atoms with van der Waals surface area (Å²) in [5.41, 5.74) is 2.03. The molecule has 1 aliphatic rings. The van der Waals surface area contributed by atoms with Gasteiger partial charge in [-0.1, -0.05) is 13.8 Å². The van der Waals surface area contributed by atoms with Crippen LogP contribution in [-0.4, -0.2) is 49.6 Å². The number of aromatic hydroxyl groups is 2. The van der Waals surface area contributed by atoms with Crippen molar-refractivity contribution in [3.8, 4) is 23.0 Å². The summed E-state index contributed by atoms with van der Waals surface area (Å²) in [6.45, 7) is 8.73. The quantitative estimate of drug-likeness (QED) is 0.715. The van der Waals surface area contributed by atoms with E-state index < -0.39 is 0 Å². The lowest BCUT2D eigenvalue weighted by Gasteiger charge is -2.38. The Bertz CT molecular complexity index is 708. The first-order valence-corrected chi connectivity index (χ1v) is 10.0. The third-order valence-electron chi connectivity index (χ3n) is 4.77. The maximum atomic E-state index is 9.81. The highest BCUT2D eigenvalue weighted by atomic mass is 16.5. The van der Waals surface area contributed by atoms with Gasteiger partial charge in [0.15, 0.2) is 0 Å². The Morgan fingerprint density at radius 1 is 0.714 bits per heavy atom. The SMILES string of the molecule is CCCOc1cc(O)ccc1N1CCN(c2ccc(O)cc2OCCC)CC1. The average Bonchev–Trinajstić information content (AvgIpc) is 2.71. The van der Waals surface area contributed by atoms with Gasteiger partial charge in [-0.15, -0.1) is 0 Å². The maximum Gasteiger partial charge on any atom is 0.146 e. The number of rotatable bonds is 8. The van der Waals surface area contributed by atoms with Crippen molar-refractivity contribution in [2.75, 3.05) is 49.2 Å². The van der Waals surface area contributed by atoms with Crippen LogP contribution in [0.2, 0.25) is 0 Å². The van der Waals surface area contributed by atoms with Gasteiger partial charge in [0.05, 0.1) is 24.6 Å². The van der Waals surface area contributed by atoms with Gasteiger partial charge in [-0.05, 0) is 37.1 Å². The van der Waals surface area contributed by atoms with E-state index in [0.717, 1.165) is 61.9 Å². The monoisotopic (exact) mass is 386 g/mol. The van der Waals surface area contributed by atoms with Crippen LogP contribution in [0.5, 0.6) is 23.0 Å². The summed E-state index contributed by atoms with van der Waals surface area (Å²) in [4.78, 5) is 4.57. The summed E-state index contributed by atoms with van der Waals surface area (Å²) in [5.74, 6) is 1.89. The lowest BCUT2D eigenvalue weighted by Crippen LogP contribution is -2.46. The van der Waals surface area contributed by atoms with Gasteiger partial charge >= 0.3 is 0 Å². The molecule has 3 rings (SSSR count). The fraction of sp³-hybridized carbons (Fsp3) is 0.455. The highest BCUT2D eigenvalue weighted by Crippen LogP contribution is 2.36. The zero-order valence-corrected chi connectivity index (χ0v) is 16.7. The van der Waals surface area contributed by atoms with E-state index in [4.69, 9.17) is 9.47 Å². The Kier molecular flexibility index (Phi) is 6.74. The van der Waals surface area contributed by atoms with E-state index in [0.29, 0.717) is 13.2 Å². The molecule has 2 N–H and O–H groups in total. The number of anilines is 2.